The molecule has 0 unspecified atom stereocenters. The number of rotatable bonds is 7. The Labute approximate surface area is 287 Å². The summed E-state index contributed by atoms with van der Waals surface area (Å²) in [5, 5.41) is 9.22. The van der Waals surface area contributed by atoms with Gasteiger partial charge < -0.3 is 10.6 Å². The predicted molar refractivity (Wildman–Crippen MR) is 190 cm³/mol. The van der Waals surface area contributed by atoms with Crippen LogP contribution < -0.4 is 21.9 Å². The van der Waals surface area contributed by atoms with E-state index in [1.807, 2.05) is 25.1 Å². The van der Waals surface area contributed by atoms with Crippen LogP contribution in [0, 0.1) is 12.7 Å². The van der Waals surface area contributed by atoms with Gasteiger partial charge in [0.05, 0.1) is 22.3 Å². The minimum atomic E-state index is -0.649. The van der Waals surface area contributed by atoms with Crippen molar-refractivity contribution in [2.75, 3.05) is 13.1 Å². The number of piperazine rings is 1. The van der Waals surface area contributed by atoms with Crippen LogP contribution >= 0.6 is 11.3 Å². The van der Waals surface area contributed by atoms with Crippen LogP contribution in [0.3, 0.4) is 0 Å². The second-order valence-corrected chi connectivity index (χ2v) is 14.5. The second-order valence-electron chi connectivity index (χ2n) is 13.5. The van der Waals surface area contributed by atoms with Crippen molar-refractivity contribution in [3.05, 3.63) is 109 Å². The predicted octanol–water partition coefficient (Wildman–Crippen LogP) is 5.21. The van der Waals surface area contributed by atoms with Crippen molar-refractivity contribution >= 4 is 28.3 Å². The summed E-state index contributed by atoms with van der Waals surface area (Å²) in [6, 6.07) is 17.6. The fraction of sp³-hybridized carbons (Fsp3) is 0.378. The van der Waals surface area contributed by atoms with Gasteiger partial charge in [-0.1, -0.05) is 36.4 Å². The zero-order valence-corrected chi connectivity index (χ0v) is 28.7. The summed E-state index contributed by atoms with van der Waals surface area (Å²) in [6.07, 6.45) is 3.21. The normalized spacial score (nSPS) is 21.6. The molecule has 0 radical (unpaired) electrons. The highest BCUT2D eigenvalue weighted by molar-refractivity contribution is 7.09. The Morgan fingerprint density at radius 3 is 2.43 bits per heavy atom. The number of hydrogen-bond donors (Lipinski definition) is 2. The largest absolute Gasteiger partial charge is 0.348 e. The van der Waals surface area contributed by atoms with Gasteiger partial charge in [0, 0.05) is 49.2 Å². The van der Waals surface area contributed by atoms with Gasteiger partial charge in [-0.25, -0.2) is 23.7 Å². The molecule has 7 rings (SSSR count). The Balaban J connectivity index is 1.16. The molecule has 10 nitrogen and oxygen atoms in total. The topological polar surface area (TPSA) is 114 Å². The molecule has 1 amide bonds. The lowest BCUT2D eigenvalue weighted by Gasteiger charge is -2.36. The number of aryl methyl sites for hydroxylation is 1. The molecule has 0 spiro atoms. The molecular weight excluding hydrogens is 642 g/mol. The van der Waals surface area contributed by atoms with Crippen LogP contribution in [0.1, 0.15) is 66.6 Å². The Hall–Kier alpha value is -4.52. The quantitative estimate of drug-likeness (QED) is 0.242. The van der Waals surface area contributed by atoms with Gasteiger partial charge in [0.15, 0.2) is 5.65 Å². The molecule has 3 aromatic heterocycles. The van der Waals surface area contributed by atoms with Gasteiger partial charge >= 0.3 is 5.69 Å². The molecule has 1 saturated carbocycles. The summed E-state index contributed by atoms with van der Waals surface area (Å²) in [5.41, 5.74) is 3.08. The molecule has 1 aliphatic carbocycles. The number of carbonyl (C=O) groups excluding carboxylic acids is 1. The lowest BCUT2D eigenvalue weighted by Crippen LogP contribution is -2.53. The van der Waals surface area contributed by atoms with Crippen molar-refractivity contribution in [2.45, 2.75) is 77.2 Å². The second kappa shape index (κ2) is 13.8. The number of halogens is 1. The number of aromatic nitrogens is 4. The maximum absolute atomic E-state index is 14.5. The summed E-state index contributed by atoms with van der Waals surface area (Å²) >= 11 is 1.42. The average Bonchev–Trinajstić information content (AvgIpc) is 3.52. The third-order valence-corrected chi connectivity index (χ3v) is 10.3. The van der Waals surface area contributed by atoms with E-state index in [9.17, 15) is 18.8 Å². The summed E-state index contributed by atoms with van der Waals surface area (Å²) in [6.45, 7) is 9.16. The van der Waals surface area contributed by atoms with E-state index in [1.165, 1.54) is 26.0 Å². The molecule has 2 N–H and O–H groups in total. The highest BCUT2D eigenvalue weighted by atomic mass is 32.1. The van der Waals surface area contributed by atoms with Crippen molar-refractivity contribution in [1.82, 2.24) is 34.6 Å². The van der Waals surface area contributed by atoms with Crippen LogP contribution in [0.4, 0.5) is 4.39 Å². The average molecular weight is 682 g/mol. The van der Waals surface area contributed by atoms with Crippen LogP contribution in [0.5, 0.6) is 0 Å². The van der Waals surface area contributed by atoms with Gasteiger partial charge in [-0.3, -0.25) is 19.1 Å². The molecule has 2 atom stereocenters. The number of benzene rings is 2. The maximum Gasteiger partial charge on any atom is 0.337 e. The van der Waals surface area contributed by atoms with Crippen molar-refractivity contribution in [3.8, 4) is 16.8 Å². The summed E-state index contributed by atoms with van der Waals surface area (Å²) in [7, 11) is 0. The van der Waals surface area contributed by atoms with E-state index in [-0.39, 0.29) is 23.0 Å². The number of hydrogen-bond acceptors (Lipinski definition) is 8. The number of fused-ring (bicyclic) bond motifs is 1. The van der Waals surface area contributed by atoms with E-state index in [0.29, 0.717) is 49.1 Å². The van der Waals surface area contributed by atoms with Crippen LogP contribution in [0.2, 0.25) is 0 Å². The molecule has 12 heteroatoms. The Morgan fingerprint density at radius 1 is 1.00 bits per heavy atom. The van der Waals surface area contributed by atoms with Gasteiger partial charge in [-0.15, -0.1) is 11.3 Å². The molecule has 1 saturated heterocycles. The fourth-order valence-corrected chi connectivity index (χ4v) is 7.99. The van der Waals surface area contributed by atoms with E-state index in [1.54, 1.807) is 11.4 Å². The fourth-order valence-electron chi connectivity index (χ4n) is 7.40. The highest BCUT2D eigenvalue weighted by Crippen LogP contribution is 2.29. The van der Waals surface area contributed by atoms with Crippen LogP contribution in [-0.4, -0.2) is 61.1 Å². The van der Waals surface area contributed by atoms with E-state index in [2.05, 4.69) is 63.6 Å². The van der Waals surface area contributed by atoms with E-state index in [4.69, 9.17) is 0 Å². The molecule has 49 heavy (non-hydrogen) atoms. The molecule has 254 valence electrons. The lowest BCUT2D eigenvalue weighted by atomic mass is 9.90. The first-order chi connectivity index (χ1) is 23.6. The SMILES string of the molecule is Cc1nc(C(=O)NC2CCC(n3c(=O)c4cc(F)cnc4n(-c4cccc(-c5ccc(CN6C[C@@H](C)N[C@@H](C)C6)cc5)c4)c3=O)CC2)cs1. The van der Waals surface area contributed by atoms with Gasteiger partial charge in [-0.2, -0.15) is 0 Å². The summed E-state index contributed by atoms with van der Waals surface area (Å²) in [4.78, 5) is 51.7. The number of pyridine rings is 1. The molecule has 5 aromatic rings. The van der Waals surface area contributed by atoms with E-state index in [0.717, 1.165) is 48.0 Å². The standard InChI is InChI=1S/C37H40FN7O3S/c1-22-18-43(19-23(2)40-22)20-25-7-9-26(10-8-25)27-5-4-6-31(15-27)44-34-32(16-28(38)17-39-34)36(47)45(37(44)48)30-13-11-29(12-14-30)42-35(46)33-21-49-24(3)41-33/h4-10,15-17,21-23,29-30,40H,11-14,18-20H2,1-3H3,(H,42,46)/t22-,23+,29?,30?. The van der Waals surface area contributed by atoms with Crippen molar-refractivity contribution in [3.63, 3.8) is 0 Å². The van der Waals surface area contributed by atoms with Gasteiger partial charge in [-0.05, 0) is 81.3 Å². The molecule has 2 fully saturated rings. The number of amides is 1. The van der Waals surface area contributed by atoms with Crippen molar-refractivity contribution in [2.24, 2.45) is 0 Å². The maximum atomic E-state index is 14.5. The minimum Gasteiger partial charge on any atom is -0.348 e. The minimum absolute atomic E-state index is 0.0419. The van der Waals surface area contributed by atoms with Gasteiger partial charge in [0.2, 0.25) is 0 Å². The Bertz CT molecular complexity index is 2110. The molecule has 4 heterocycles. The number of thiazole rings is 1. The molecule has 1 aliphatic heterocycles. The Kier molecular flexibility index (Phi) is 9.27. The van der Waals surface area contributed by atoms with E-state index >= 15 is 0 Å². The zero-order valence-electron chi connectivity index (χ0n) is 27.9. The summed E-state index contributed by atoms with van der Waals surface area (Å²) in [5.74, 6) is -0.874. The van der Waals surface area contributed by atoms with Gasteiger partial charge in [0.25, 0.3) is 11.5 Å². The lowest BCUT2D eigenvalue weighted by molar-refractivity contribution is 0.0917. The number of nitrogens with zero attached hydrogens (tertiary/aromatic N) is 5. The van der Waals surface area contributed by atoms with Crippen LogP contribution in [-0.2, 0) is 6.54 Å². The smallest absolute Gasteiger partial charge is 0.337 e. The molecular formula is C37H40FN7O3S. The number of carbonyl (C=O) groups is 1. The Morgan fingerprint density at radius 2 is 1.73 bits per heavy atom. The van der Waals surface area contributed by atoms with E-state index < -0.39 is 23.1 Å². The highest BCUT2D eigenvalue weighted by Gasteiger charge is 2.29. The van der Waals surface area contributed by atoms with Crippen LogP contribution in [0.15, 0.2) is 75.8 Å². The first-order valence-corrected chi connectivity index (χ1v) is 17.7. The van der Waals surface area contributed by atoms with Crippen molar-refractivity contribution < 1.29 is 9.18 Å². The monoisotopic (exact) mass is 681 g/mol. The molecule has 0 bridgehead atoms. The first-order valence-electron chi connectivity index (χ1n) is 16.9. The first kappa shape index (κ1) is 33.0. The zero-order chi connectivity index (χ0) is 34.2. The van der Waals surface area contributed by atoms with Crippen molar-refractivity contribution in [1.29, 1.82) is 0 Å². The van der Waals surface area contributed by atoms with Gasteiger partial charge in [0.1, 0.15) is 11.5 Å². The third kappa shape index (κ3) is 6.99. The summed E-state index contributed by atoms with van der Waals surface area (Å²) < 4.78 is 17.2. The molecule has 2 aromatic carbocycles. The third-order valence-electron chi connectivity index (χ3n) is 9.57. The molecule has 2 aliphatic rings. The van der Waals surface area contributed by atoms with Crippen LogP contribution in [0.25, 0.3) is 27.8 Å². The number of nitrogens with one attached hydrogen (secondary N) is 2.